The number of hydrogen-bond donors (Lipinski definition) is 2. The molecule has 0 aliphatic carbocycles. The third-order valence-corrected chi connectivity index (χ3v) is 2.18. The van der Waals surface area contributed by atoms with Crippen LogP contribution in [0.3, 0.4) is 0 Å². The lowest BCUT2D eigenvalue weighted by Gasteiger charge is -2.06. The van der Waals surface area contributed by atoms with E-state index in [1.165, 1.54) is 0 Å². The number of benzene rings is 1. The number of hydrogen-bond acceptors (Lipinski definition) is 3. The van der Waals surface area contributed by atoms with Crippen LogP contribution in [0.1, 0.15) is 6.42 Å². The summed E-state index contributed by atoms with van der Waals surface area (Å²) in [6, 6.07) is 7.69. The average Bonchev–Trinajstić information content (AvgIpc) is 2.15. The molecule has 0 amide bonds. The minimum atomic E-state index is 0.546. The van der Waals surface area contributed by atoms with Crippen LogP contribution in [0, 0.1) is 0 Å². The van der Waals surface area contributed by atoms with Crippen molar-refractivity contribution < 1.29 is 9.94 Å². The van der Waals surface area contributed by atoms with Crippen LogP contribution in [0.25, 0.3) is 0 Å². The highest BCUT2D eigenvalue weighted by atomic mass is 79.9. The maximum absolute atomic E-state index is 8.30. The molecular formula is C9H12BrNO2. The topological polar surface area (TPSA) is 41.5 Å². The molecule has 0 spiro atoms. The first-order valence-corrected chi connectivity index (χ1v) is 4.88. The zero-order chi connectivity index (χ0) is 9.52. The molecule has 13 heavy (non-hydrogen) atoms. The molecule has 3 nitrogen and oxygen atoms in total. The van der Waals surface area contributed by atoms with E-state index in [1.54, 1.807) is 0 Å². The van der Waals surface area contributed by atoms with Crippen molar-refractivity contribution in [3.8, 4) is 5.75 Å². The fourth-order valence-corrected chi connectivity index (χ4v) is 1.29. The summed E-state index contributed by atoms with van der Waals surface area (Å²) in [5, 5.41) is 8.30. The summed E-state index contributed by atoms with van der Waals surface area (Å²) in [6.45, 7) is 1.14. The molecule has 0 saturated heterocycles. The van der Waals surface area contributed by atoms with E-state index in [-0.39, 0.29) is 0 Å². The molecule has 0 aliphatic rings. The van der Waals surface area contributed by atoms with Crippen LogP contribution in [0.15, 0.2) is 28.7 Å². The Morgan fingerprint density at radius 3 is 2.85 bits per heavy atom. The Morgan fingerprint density at radius 1 is 1.38 bits per heavy atom. The molecule has 0 bridgehead atoms. The smallest absolute Gasteiger partial charge is 0.133 e. The van der Waals surface area contributed by atoms with Gasteiger partial charge in [0.25, 0.3) is 0 Å². The van der Waals surface area contributed by atoms with E-state index in [0.29, 0.717) is 13.2 Å². The van der Waals surface area contributed by atoms with Gasteiger partial charge in [-0.05, 0) is 34.5 Å². The monoisotopic (exact) mass is 245 g/mol. The Kier molecular flexibility index (Phi) is 4.82. The lowest BCUT2D eigenvalue weighted by atomic mass is 10.3. The van der Waals surface area contributed by atoms with Crippen LogP contribution in [0.2, 0.25) is 0 Å². The van der Waals surface area contributed by atoms with Gasteiger partial charge in [0.15, 0.2) is 0 Å². The van der Waals surface area contributed by atoms with Crippen molar-refractivity contribution in [2.24, 2.45) is 0 Å². The standard InChI is InChI=1S/C9H12BrNO2/c10-8-4-1-2-5-9(8)13-7-3-6-11-12/h1-2,4-5,11-12H,3,6-7H2. The predicted molar refractivity (Wildman–Crippen MR) is 54.0 cm³/mol. The van der Waals surface area contributed by atoms with Gasteiger partial charge < -0.3 is 9.94 Å². The average molecular weight is 246 g/mol. The molecular weight excluding hydrogens is 234 g/mol. The van der Waals surface area contributed by atoms with Crippen molar-refractivity contribution in [3.05, 3.63) is 28.7 Å². The Bertz CT molecular complexity index is 255. The van der Waals surface area contributed by atoms with Gasteiger partial charge in [0.2, 0.25) is 0 Å². The first-order chi connectivity index (χ1) is 6.34. The van der Waals surface area contributed by atoms with Gasteiger partial charge in [-0.1, -0.05) is 12.1 Å². The van der Waals surface area contributed by atoms with E-state index in [2.05, 4.69) is 21.4 Å². The normalized spacial score (nSPS) is 10.0. The minimum Gasteiger partial charge on any atom is -0.492 e. The number of para-hydroxylation sites is 1. The van der Waals surface area contributed by atoms with Crippen molar-refractivity contribution in [1.29, 1.82) is 0 Å². The van der Waals surface area contributed by atoms with Gasteiger partial charge in [-0.2, -0.15) is 0 Å². The van der Waals surface area contributed by atoms with E-state index in [1.807, 2.05) is 24.3 Å². The molecule has 2 N–H and O–H groups in total. The number of nitrogens with one attached hydrogen (secondary N) is 1. The molecule has 0 fully saturated rings. The van der Waals surface area contributed by atoms with Gasteiger partial charge in [0.05, 0.1) is 11.1 Å². The Balaban J connectivity index is 2.32. The second kappa shape index (κ2) is 5.96. The second-order valence-corrected chi connectivity index (χ2v) is 3.39. The molecule has 0 saturated carbocycles. The van der Waals surface area contributed by atoms with Crippen molar-refractivity contribution in [2.75, 3.05) is 13.2 Å². The third kappa shape index (κ3) is 3.76. The largest absolute Gasteiger partial charge is 0.492 e. The van der Waals surface area contributed by atoms with Gasteiger partial charge in [-0.25, -0.2) is 5.48 Å². The molecule has 72 valence electrons. The lowest BCUT2D eigenvalue weighted by molar-refractivity contribution is 0.157. The van der Waals surface area contributed by atoms with Gasteiger partial charge in [-0.3, -0.25) is 0 Å². The SMILES string of the molecule is ONCCCOc1ccccc1Br. The highest BCUT2D eigenvalue weighted by Gasteiger charge is 1.97. The summed E-state index contributed by atoms with van der Waals surface area (Å²) in [7, 11) is 0. The van der Waals surface area contributed by atoms with E-state index in [9.17, 15) is 0 Å². The van der Waals surface area contributed by atoms with Crippen molar-refractivity contribution in [1.82, 2.24) is 5.48 Å². The van der Waals surface area contributed by atoms with Crippen LogP contribution >= 0.6 is 15.9 Å². The van der Waals surface area contributed by atoms with Crippen LogP contribution in [-0.2, 0) is 0 Å². The summed E-state index contributed by atoms with van der Waals surface area (Å²) < 4.78 is 6.39. The molecule has 4 heteroatoms. The summed E-state index contributed by atoms with van der Waals surface area (Å²) in [5.41, 5.74) is 2.08. The second-order valence-electron chi connectivity index (χ2n) is 2.54. The number of hydroxylamine groups is 1. The third-order valence-electron chi connectivity index (χ3n) is 1.53. The lowest BCUT2D eigenvalue weighted by Crippen LogP contribution is -2.12. The van der Waals surface area contributed by atoms with Crippen molar-refractivity contribution in [2.45, 2.75) is 6.42 Å². The zero-order valence-electron chi connectivity index (χ0n) is 7.16. The Morgan fingerprint density at radius 2 is 2.15 bits per heavy atom. The minimum absolute atomic E-state index is 0.546. The van der Waals surface area contributed by atoms with Gasteiger partial charge in [0, 0.05) is 6.54 Å². The first kappa shape index (κ1) is 10.5. The van der Waals surface area contributed by atoms with Crippen molar-refractivity contribution in [3.63, 3.8) is 0 Å². The van der Waals surface area contributed by atoms with Gasteiger partial charge in [0.1, 0.15) is 5.75 Å². The van der Waals surface area contributed by atoms with Crippen molar-refractivity contribution >= 4 is 15.9 Å². The predicted octanol–water partition coefficient (Wildman–Crippen LogP) is 2.20. The molecule has 0 aromatic heterocycles. The number of ether oxygens (including phenoxy) is 1. The van der Waals surface area contributed by atoms with Crippen LogP contribution in [-0.4, -0.2) is 18.4 Å². The Labute approximate surface area is 85.8 Å². The van der Waals surface area contributed by atoms with E-state index in [0.717, 1.165) is 16.6 Å². The molecule has 0 unspecified atom stereocenters. The molecule has 0 aliphatic heterocycles. The van der Waals surface area contributed by atoms with E-state index >= 15 is 0 Å². The van der Waals surface area contributed by atoms with Gasteiger partial charge >= 0.3 is 0 Å². The van der Waals surface area contributed by atoms with Crippen LogP contribution in [0.4, 0.5) is 0 Å². The summed E-state index contributed by atoms with van der Waals surface area (Å²) in [5.74, 6) is 0.834. The fraction of sp³-hybridized carbons (Fsp3) is 0.333. The van der Waals surface area contributed by atoms with E-state index < -0.39 is 0 Å². The number of halogens is 1. The molecule has 0 radical (unpaired) electrons. The molecule has 1 aromatic rings. The van der Waals surface area contributed by atoms with E-state index in [4.69, 9.17) is 9.94 Å². The summed E-state index contributed by atoms with van der Waals surface area (Å²) in [6.07, 6.45) is 0.776. The highest BCUT2D eigenvalue weighted by molar-refractivity contribution is 9.10. The fourth-order valence-electron chi connectivity index (χ4n) is 0.895. The molecule has 0 heterocycles. The Hall–Kier alpha value is -0.580. The molecule has 1 aromatic carbocycles. The first-order valence-electron chi connectivity index (χ1n) is 4.09. The van der Waals surface area contributed by atoms with Crippen LogP contribution < -0.4 is 10.2 Å². The zero-order valence-corrected chi connectivity index (χ0v) is 8.75. The molecule has 1 rings (SSSR count). The summed E-state index contributed by atoms with van der Waals surface area (Å²) >= 11 is 3.38. The quantitative estimate of drug-likeness (QED) is 0.618. The van der Waals surface area contributed by atoms with Crippen LogP contribution in [0.5, 0.6) is 5.75 Å². The molecule has 0 atom stereocenters. The maximum Gasteiger partial charge on any atom is 0.133 e. The highest BCUT2D eigenvalue weighted by Crippen LogP contribution is 2.23. The number of rotatable bonds is 5. The summed E-state index contributed by atoms with van der Waals surface area (Å²) in [4.78, 5) is 0. The van der Waals surface area contributed by atoms with Gasteiger partial charge in [-0.15, -0.1) is 0 Å². The maximum atomic E-state index is 8.30.